The molecule has 24 heavy (non-hydrogen) atoms. The average Bonchev–Trinajstić information content (AvgIpc) is 3.24. The number of rotatable bonds is 4. The second-order valence-electron chi connectivity index (χ2n) is 6.23. The largest absolute Gasteiger partial charge is 0.338 e. The van der Waals surface area contributed by atoms with Crippen molar-refractivity contribution in [3.8, 4) is 11.4 Å². The second-order valence-corrected chi connectivity index (χ2v) is 6.23. The third kappa shape index (κ3) is 3.16. The topological polar surface area (TPSA) is 69.8 Å². The van der Waals surface area contributed by atoms with E-state index in [0.717, 1.165) is 47.5 Å². The first-order valence-electron chi connectivity index (χ1n) is 8.36. The Morgan fingerprint density at radius 3 is 2.75 bits per heavy atom. The molecule has 3 aromatic rings. The standard InChI is InChI=1S/C19H20N4O/c24-18(12-15-4-3-11-20-15)21-14-9-7-13(8-10-14)19-22-16-5-1-2-6-17(16)23-19/h1-2,5-10,15,20H,3-4,11-12H2,(H,21,24)(H,22,23). The Kier molecular flexibility index (Phi) is 4.01. The van der Waals surface area contributed by atoms with Crippen molar-refractivity contribution in [3.63, 3.8) is 0 Å². The van der Waals surface area contributed by atoms with Crippen LogP contribution in [0.2, 0.25) is 0 Å². The van der Waals surface area contributed by atoms with E-state index in [-0.39, 0.29) is 5.91 Å². The summed E-state index contributed by atoms with van der Waals surface area (Å²) in [4.78, 5) is 20.0. The highest BCUT2D eigenvalue weighted by Crippen LogP contribution is 2.22. The highest BCUT2D eigenvalue weighted by Gasteiger charge is 2.17. The number of H-pyrrole nitrogens is 1. The van der Waals surface area contributed by atoms with Crippen molar-refractivity contribution in [2.45, 2.75) is 25.3 Å². The fourth-order valence-corrected chi connectivity index (χ4v) is 3.17. The molecular weight excluding hydrogens is 300 g/mol. The summed E-state index contributed by atoms with van der Waals surface area (Å²) in [5, 5.41) is 6.31. The number of imidazole rings is 1. The minimum absolute atomic E-state index is 0.0610. The van der Waals surface area contributed by atoms with Gasteiger partial charge in [-0.05, 0) is 55.8 Å². The van der Waals surface area contributed by atoms with Gasteiger partial charge < -0.3 is 15.6 Å². The van der Waals surface area contributed by atoms with Gasteiger partial charge in [-0.25, -0.2) is 4.98 Å². The van der Waals surface area contributed by atoms with Crippen LogP contribution in [0.3, 0.4) is 0 Å². The van der Waals surface area contributed by atoms with Crippen LogP contribution in [-0.2, 0) is 4.79 Å². The first kappa shape index (κ1) is 14.9. The summed E-state index contributed by atoms with van der Waals surface area (Å²) >= 11 is 0. The molecule has 1 amide bonds. The molecule has 1 unspecified atom stereocenters. The zero-order valence-corrected chi connectivity index (χ0v) is 13.4. The summed E-state index contributed by atoms with van der Waals surface area (Å²) in [6.07, 6.45) is 2.77. The van der Waals surface area contributed by atoms with Gasteiger partial charge in [0.15, 0.2) is 0 Å². The lowest BCUT2D eigenvalue weighted by Gasteiger charge is -2.10. The number of aromatic nitrogens is 2. The molecule has 1 fully saturated rings. The van der Waals surface area contributed by atoms with Crippen molar-refractivity contribution in [1.82, 2.24) is 15.3 Å². The number of hydrogen-bond acceptors (Lipinski definition) is 3. The molecule has 1 aromatic heterocycles. The van der Waals surface area contributed by atoms with Crippen LogP contribution in [0.25, 0.3) is 22.4 Å². The maximum Gasteiger partial charge on any atom is 0.225 e. The van der Waals surface area contributed by atoms with Gasteiger partial charge in [0, 0.05) is 23.7 Å². The van der Waals surface area contributed by atoms with Crippen LogP contribution in [-0.4, -0.2) is 28.5 Å². The number of para-hydroxylation sites is 2. The number of fused-ring (bicyclic) bond motifs is 1. The normalized spacial score (nSPS) is 17.2. The zero-order chi connectivity index (χ0) is 16.4. The number of amides is 1. The van der Waals surface area contributed by atoms with Crippen molar-refractivity contribution in [1.29, 1.82) is 0 Å². The Hall–Kier alpha value is -2.66. The Morgan fingerprint density at radius 1 is 1.17 bits per heavy atom. The fraction of sp³-hybridized carbons (Fsp3) is 0.263. The van der Waals surface area contributed by atoms with Crippen LogP contribution in [0, 0.1) is 0 Å². The molecule has 0 aliphatic carbocycles. The molecule has 5 nitrogen and oxygen atoms in total. The summed E-state index contributed by atoms with van der Waals surface area (Å²) in [6.45, 7) is 1.02. The Balaban J connectivity index is 1.45. The van der Waals surface area contributed by atoms with Crippen molar-refractivity contribution < 1.29 is 4.79 Å². The number of hydrogen-bond donors (Lipinski definition) is 3. The highest BCUT2D eigenvalue weighted by atomic mass is 16.1. The quantitative estimate of drug-likeness (QED) is 0.691. The summed E-state index contributed by atoms with van der Waals surface area (Å²) in [7, 11) is 0. The molecular formula is C19H20N4O. The Labute approximate surface area is 140 Å². The molecule has 1 aliphatic rings. The minimum Gasteiger partial charge on any atom is -0.338 e. The number of anilines is 1. The van der Waals surface area contributed by atoms with Gasteiger partial charge in [0.25, 0.3) is 0 Å². The van der Waals surface area contributed by atoms with Gasteiger partial charge in [-0.2, -0.15) is 0 Å². The SMILES string of the molecule is O=C(CC1CCCN1)Nc1ccc(-c2nc3ccccc3[nH]2)cc1. The maximum absolute atomic E-state index is 12.1. The molecule has 4 rings (SSSR count). The first-order chi connectivity index (χ1) is 11.8. The van der Waals surface area contributed by atoms with Crippen molar-refractivity contribution in [2.75, 3.05) is 11.9 Å². The van der Waals surface area contributed by atoms with Crippen LogP contribution in [0.5, 0.6) is 0 Å². The van der Waals surface area contributed by atoms with E-state index in [1.54, 1.807) is 0 Å². The van der Waals surface area contributed by atoms with E-state index in [1.165, 1.54) is 0 Å². The van der Waals surface area contributed by atoms with Gasteiger partial charge >= 0.3 is 0 Å². The lowest BCUT2D eigenvalue weighted by molar-refractivity contribution is -0.116. The maximum atomic E-state index is 12.1. The van der Waals surface area contributed by atoms with E-state index in [0.29, 0.717) is 12.5 Å². The van der Waals surface area contributed by atoms with Crippen LogP contribution in [0.1, 0.15) is 19.3 Å². The van der Waals surface area contributed by atoms with Gasteiger partial charge in [0.2, 0.25) is 5.91 Å². The predicted octanol–water partition coefficient (Wildman–Crippen LogP) is 3.31. The van der Waals surface area contributed by atoms with Gasteiger partial charge in [0.05, 0.1) is 11.0 Å². The lowest BCUT2D eigenvalue weighted by Crippen LogP contribution is -2.27. The van der Waals surface area contributed by atoms with Crippen molar-refractivity contribution in [3.05, 3.63) is 48.5 Å². The smallest absolute Gasteiger partial charge is 0.225 e. The van der Waals surface area contributed by atoms with Crippen molar-refractivity contribution in [2.24, 2.45) is 0 Å². The van der Waals surface area contributed by atoms with E-state index in [9.17, 15) is 4.79 Å². The molecule has 2 aromatic carbocycles. The number of aromatic amines is 1. The monoisotopic (exact) mass is 320 g/mol. The number of carbonyl (C=O) groups is 1. The highest BCUT2D eigenvalue weighted by molar-refractivity contribution is 5.91. The van der Waals surface area contributed by atoms with Crippen LogP contribution < -0.4 is 10.6 Å². The molecule has 1 saturated heterocycles. The second kappa shape index (κ2) is 6.45. The number of nitrogens with zero attached hydrogens (tertiary/aromatic N) is 1. The molecule has 1 atom stereocenters. The lowest BCUT2D eigenvalue weighted by atomic mass is 10.1. The van der Waals surface area contributed by atoms with Crippen LogP contribution in [0.4, 0.5) is 5.69 Å². The van der Waals surface area contributed by atoms with Gasteiger partial charge in [-0.3, -0.25) is 4.79 Å². The minimum atomic E-state index is 0.0610. The van der Waals surface area contributed by atoms with E-state index >= 15 is 0 Å². The van der Waals surface area contributed by atoms with Gasteiger partial charge in [0.1, 0.15) is 5.82 Å². The Bertz CT molecular complexity index is 814. The summed E-state index contributed by atoms with van der Waals surface area (Å²) in [5.74, 6) is 0.898. The van der Waals surface area contributed by atoms with E-state index < -0.39 is 0 Å². The summed E-state index contributed by atoms with van der Waals surface area (Å²) < 4.78 is 0. The fourth-order valence-electron chi connectivity index (χ4n) is 3.17. The predicted molar refractivity (Wildman–Crippen MR) is 95.8 cm³/mol. The molecule has 0 radical (unpaired) electrons. The summed E-state index contributed by atoms with van der Waals surface area (Å²) in [5.41, 5.74) is 3.79. The van der Waals surface area contributed by atoms with Crippen LogP contribution in [0.15, 0.2) is 48.5 Å². The van der Waals surface area contributed by atoms with E-state index in [2.05, 4.69) is 20.6 Å². The van der Waals surface area contributed by atoms with Crippen molar-refractivity contribution >= 4 is 22.6 Å². The average molecular weight is 320 g/mol. The molecule has 0 saturated carbocycles. The first-order valence-corrected chi connectivity index (χ1v) is 8.36. The van der Waals surface area contributed by atoms with Gasteiger partial charge in [-0.1, -0.05) is 12.1 Å². The molecule has 2 heterocycles. The number of carbonyl (C=O) groups excluding carboxylic acids is 1. The molecule has 0 spiro atoms. The Morgan fingerprint density at radius 2 is 2.00 bits per heavy atom. The van der Waals surface area contributed by atoms with E-state index in [1.807, 2.05) is 48.5 Å². The van der Waals surface area contributed by atoms with Crippen LogP contribution >= 0.6 is 0 Å². The third-order valence-corrected chi connectivity index (χ3v) is 4.43. The zero-order valence-electron chi connectivity index (χ0n) is 13.4. The summed E-state index contributed by atoms with van der Waals surface area (Å²) in [6, 6.07) is 16.1. The van der Waals surface area contributed by atoms with E-state index in [4.69, 9.17) is 0 Å². The molecule has 0 bridgehead atoms. The molecule has 3 N–H and O–H groups in total. The third-order valence-electron chi connectivity index (χ3n) is 4.43. The number of nitrogens with one attached hydrogen (secondary N) is 3. The molecule has 5 heteroatoms. The number of benzene rings is 2. The molecule has 122 valence electrons. The molecule has 1 aliphatic heterocycles. The van der Waals surface area contributed by atoms with Gasteiger partial charge in [-0.15, -0.1) is 0 Å².